The first kappa shape index (κ1) is 16.0. The molecule has 7 nitrogen and oxygen atoms in total. The van der Waals surface area contributed by atoms with E-state index in [0.29, 0.717) is 29.3 Å². The van der Waals surface area contributed by atoms with Gasteiger partial charge in [0.2, 0.25) is 0 Å². The maximum absolute atomic E-state index is 9.10. The number of nitrogen functional groups attached to an aromatic ring is 3. The van der Waals surface area contributed by atoms with E-state index in [2.05, 4.69) is 29.4 Å². The van der Waals surface area contributed by atoms with E-state index in [0.717, 1.165) is 11.3 Å². The van der Waals surface area contributed by atoms with Gasteiger partial charge in [0, 0.05) is 18.0 Å². The standard InChI is InChI=1S/C15H24N6O/c1-8(2)13(14-12(17)15(18)21-20-14)19-10-3-4-11(16)9(7-10)5-6-22/h3-4,7-8,13,19,22H,5-6,16-17H2,1-2H3,(H3,18,20,21). The second kappa shape index (κ2) is 6.57. The van der Waals surface area contributed by atoms with Crippen molar-refractivity contribution >= 4 is 22.9 Å². The van der Waals surface area contributed by atoms with Gasteiger partial charge in [-0.2, -0.15) is 5.10 Å². The van der Waals surface area contributed by atoms with Crippen LogP contribution in [0.1, 0.15) is 31.1 Å². The molecular formula is C15H24N6O. The van der Waals surface area contributed by atoms with Crippen LogP contribution in [-0.2, 0) is 6.42 Å². The van der Waals surface area contributed by atoms with Gasteiger partial charge in [0.25, 0.3) is 0 Å². The average molecular weight is 304 g/mol. The lowest BCUT2D eigenvalue weighted by Gasteiger charge is -2.23. The van der Waals surface area contributed by atoms with Crippen LogP contribution in [0.3, 0.4) is 0 Å². The van der Waals surface area contributed by atoms with E-state index >= 15 is 0 Å². The second-order valence-electron chi connectivity index (χ2n) is 5.69. The number of aromatic amines is 1. The molecule has 1 atom stereocenters. The summed E-state index contributed by atoms with van der Waals surface area (Å²) in [6.07, 6.45) is 0.519. The molecular weight excluding hydrogens is 280 g/mol. The molecule has 0 radical (unpaired) electrons. The number of nitrogens with two attached hydrogens (primary N) is 3. The maximum Gasteiger partial charge on any atom is 0.142 e. The summed E-state index contributed by atoms with van der Waals surface area (Å²) in [5.74, 6) is 0.629. The van der Waals surface area contributed by atoms with Crippen LogP contribution in [0.25, 0.3) is 0 Å². The molecule has 0 amide bonds. The topological polar surface area (TPSA) is 139 Å². The molecule has 120 valence electrons. The minimum absolute atomic E-state index is 0.0596. The first-order valence-electron chi connectivity index (χ1n) is 7.29. The number of aliphatic hydroxyl groups excluding tert-OH is 1. The highest BCUT2D eigenvalue weighted by molar-refractivity contribution is 5.64. The Bertz CT molecular complexity index is 637. The van der Waals surface area contributed by atoms with Crippen molar-refractivity contribution < 1.29 is 5.11 Å². The third-order valence-corrected chi connectivity index (χ3v) is 3.67. The fraction of sp³-hybridized carbons (Fsp3) is 0.400. The van der Waals surface area contributed by atoms with Crippen LogP contribution in [0.5, 0.6) is 0 Å². The second-order valence-corrected chi connectivity index (χ2v) is 5.69. The summed E-state index contributed by atoms with van der Waals surface area (Å²) in [5.41, 5.74) is 21.3. The molecule has 0 aliphatic rings. The van der Waals surface area contributed by atoms with Gasteiger partial charge in [0.1, 0.15) is 11.5 Å². The lowest BCUT2D eigenvalue weighted by molar-refractivity contribution is 0.300. The number of H-pyrrole nitrogens is 1. The molecule has 0 fully saturated rings. The highest BCUT2D eigenvalue weighted by atomic mass is 16.2. The predicted octanol–water partition coefficient (Wildman–Crippen LogP) is 1.50. The lowest BCUT2D eigenvalue weighted by Crippen LogP contribution is -2.19. The molecule has 2 aromatic rings. The van der Waals surface area contributed by atoms with Gasteiger partial charge >= 0.3 is 0 Å². The molecule has 9 N–H and O–H groups in total. The van der Waals surface area contributed by atoms with Crippen molar-refractivity contribution in [2.45, 2.75) is 26.3 Å². The zero-order valence-corrected chi connectivity index (χ0v) is 12.9. The summed E-state index contributed by atoms with van der Waals surface area (Å²) in [6.45, 7) is 4.21. The molecule has 1 aromatic heterocycles. The number of anilines is 4. The lowest BCUT2D eigenvalue weighted by atomic mass is 9.99. The Morgan fingerprint density at radius 3 is 2.55 bits per heavy atom. The first-order chi connectivity index (χ1) is 10.4. The molecule has 0 aliphatic carbocycles. The summed E-state index contributed by atoms with van der Waals surface area (Å²) in [5, 5.41) is 19.4. The Hall–Kier alpha value is -2.41. The molecule has 0 aliphatic heterocycles. The number of hydrogen-bond acceptors (Lipinski definition) is 6. The Labute approximate surface area is 129 Å². The van der Waals surface area contributed by atoms with Crippen LogP contribution in [0, 0.1) is 5.92 Å². The molecule has 7 heteroatoms. The Balaban J connectivity index is 2.29. The Morgan fingerprint density at radius 2 is 2.00 bits per heavy atom. The molecule has 0 spiro atoms. The highest BCUT2D eigenvalue weighted by Crippen LogP contribution is 2.32. The zero-order chi connectivity index (χ0) is 16.3. The van der Waals surface area contributed by atoms with Crippen LogP contribution in [-0.4, -0.2) is 21.9 Å². The number of nitrogens with zero attached hydrogens (tertiary/aromatic N) is 1. The SMILES string of the molecule is CC(C)C(Nc1ccc(N)c(CCO)c1)c1n[nH]c(N)c1N. The van der Waals surface area contributed by atoms with Crippen LogP contribution >= 0.6 is 0 Å². The van der Waals surface area contributed by atoms with Gasteiger partial charge < -0.3 is 27.6 Å². The van der Waals surface area contributed by atoms with Crippen molar-refractivity contribution in [1.82, 2.24) is 10.2 Å². The van der Waals surface area contributed by atoms with E-state index < -0.39 is 0 Å². The Kier molecular flexibility index (Phi) is 4.77. The van der Waals surface area contributed by atoms with E-state index in [4.69, 9.17) is 22.3 Å². The average Bonchev–Trinajstić information content (AvgIpc) is 2.80. The number of aliphatic hydroxyl groups is 1. The quantitative estimate of drug-likeness (QED) is 0.447. The van der Waals surface area contributed by atoms with Gasteiger partial charge in [-0.3, -0.25) is 5.10 Å². The summed E-state index contributed by atoms with van der Waals surface area (Å²) >= 11 is 0. The minimum Gasteiger partial charge on any atom is -0.399 e. The van der Waals surface area contributed by atoms with Gasteiger partial charge in [-0.1, -0.05) is 13.8 Å². The first-order valence-corrected chi connectivity index (χ1v) is 7.29. The van der Waals surface area contributed by atoms with Crippen molar-refractivity contribution in [2.24, 2.45) is 5.92 Å². The van der Waals surface area contributed by atoms with E-state index in [1.165, 1.54) is 0 Å². The van der Waals surface area contributed by atoms with Crippen molar-refractivity contribution in [3.63, 3.8) is 0 Å². The fourth-order valence-electron chi connectivity index (χ4n) is 2.38. The van der Waals surface area contributed by atoms with Gasteiger partial charge in [0.15, 0.2) is 0 Å². The number of rotatable bonds is 6. The minimum atomic E-state index is -0.0841. The molecule has 1 unspecified atom stereocenters. The van der Waals surface area contributed by atoms with Gasteiger partial charge in [0.05, 0.1) is 11.7 Å². The molecule has 0 saturated heterocycles. The van der Waals surface area contributed by atoms with Crippen LogP contribution in [0.4, 0.5) is 22.9 Å². The van der Waals surface area contributed by atoms with Gasteiger partial charge in [-0.25, -0.2) is 0 Å². The molecule has 2 rings (SSSR count). The number of aromatic nitrogens is 2. The predicted molar refractivity (Wildman–Crippen MR) is 90.3 cm³/mol. The van der Waals surface area contributed by atoms with E-state index in [1.54, 1.807) is 0 Å². The highest BCUT2D eigenvalue weighted by Gasteiger charge is 2.22. The van der Waals surface area contributed by atoms with Crippen LogP contribution in [0.15, 0.2) is 18.2 Å². The van der Waals surface area contributed by atoms with Gasteiger partial charge in [-0.05, 0) is 36.1 Å². The summed E-state index contributed by atoms with van der Waals surface area (Å²) in [4.78, 5) is 0. The molecule has 1 heterocycles. The smallest absolute Gasteiger partial charge is 0.142 e. The molecule has 0 saturated carbocycles. The summed E-state index contributed by atoms with van der Waals surface area (Å²) in [6, 6.07) is 5.58. The van der Waals surface area contributed by atoms with E-state index in [9.17, 15) is 0 Å². The monoisotopic (exact) mass is 304 g/mol. The molecule has 22 heavy (non-hydrogen) atoms. The maximum atomic E-state index is 9.10. The normalized spacial score (nSPS) is 12.5. The molecule has 1 aromatic carbocycles. The van der Waals surface area contributed by atoms with Gasteiger partial charge in [-0.15, -0.1) is 0 Å². The zero-order valence-electron chi connectivity index (χ0n) is 12.9. The van der Waals surface area contributed by atoms with Crippen molar-refractivity contribution in [3.05, 3.63) is 29.5 Å². The van der Waals surface area contributed by atoms with E-state index in [-0.39, 0.29) is 18.6 Å². The number of hydrogen-bond donors (Lipinski definition) is 6. The summed E-state index contributed by atoms with van der Waals surface area (Å²) < 4.78 is 0. The number of benzene rings is 1. The van der Waals surface area contributed by atoms with Crippen molar-refractivity contribution in [1.29, 1.82) is 0 Å². The fourth-order valence-corrected chi connectivity index (χ4v) is 2.38. The Morgan fingerprint density at radius 1 is 1.27 bits per heavy atom. The van der Waals surface area contributed by atoms with E-state index in [1.807, 2.05) is 18.2 Å². The van der Waals surface area contributed by atoms with Crippen LogP contribution < -0.4 is 22.5 Å². The largest absolute Gasteiger partial charge is 0.399 e. The molecule has 0 bridgehead atoms. The van der Waals surface area contributed by atoms with Crippen molar-refractivity contribution in [2.75, 3.05) is 29.1 Å². The summed E-state index contributed by atoms with van der Waals surface area (Å²) in [7, 11) is 0. The number of nitrogens with one attached hydrogen (secondary N) is 2. The third-order valence-electron chi connectivity index (χ3n) is 3.67. The van der Waals surface area contributed by atoms with Crippen molar-refractivity contribution in [3.8, 4) is 0 Å². The van der Waals surface area contributed by atoms with Crippen LogP contribution in [0.2, 0.25) is 0 Å². The third kappa shape index (κ3) is 3.25.